The zero-order valence-electron chi connectivity index (χ0n) is 12.9. The van der Waals surface area contributed by atoms with Gasteiger partial charge < -0.3 is 16.0 Å². The molecule has 1 fully saturated rings. The van der Waals surface area contributed by atoms with Gasteiger partial charge >= 0.3 is 0 Å². The van der Waals surface area contributed by atoms with Crippen molar-refractivity contribution in [2.24, 2.45) is 11.7 Å². The van der Waals surface area contributed by atoms with E-state index in [2.05, 4.69) is 31.0 Å². The quantitative estimate of drug-likeness (QED) is 0.706. The van der Waals surface area contributed by atoms with Gasteiger partial charge in [-0.25, -0.2) is 0 Å². The normalized spacial score (nSPS) is 27.7. The van der Waals surface area contributed by atoms with Gasteiger partial charge in [0.1, 0.15) is 0 Å². The average Bonchev–Trinajstić information content (AvgIpc) is 2.44. The Hall–Kier alpha value is -0.610. The maximum Gasteiger partial charge on any atom is 0.237 e. The van der Waals surface area contributed by atoms with Crippen LogP contribution in [0.3, 0.4) is 0 Å². The van der Waals surface area contributed by atoms with Crippen LogP contribution < -0.4 is 11.1 Å². The lowest BCUT2D eigenvalue weighted by atomic mass is 9.75. The Kier molecular flexibility index (Phi) is 6.80. The van der Waals surface area contributed by atoms with Gasteiger partial charge in [0, 0.05) is 13.1 Å². The van der Waals surface area contributed by atoms with Crippen molar-refractivity contribution in [1.82, 2.24) is 10.2 Å². The van der Waals surface area contributed by atoms with E-state index >= 15 is 0 Å². The fourth-order valence-electron chi connectivity index (χ4n) is 3.08. The summed E-state index contributed by atoms with van der Waals surface area (Å²) in [6.07, 6.45) is 5.27. The largest absolute Gasteiger partial charge is 0.368 e. The molecule has 1 rings (SSSR count). The van der Waals surface area contributed by atoms with E-state index in [9.17, 15) is 4.79 Å². The number of hydrogen-bond acceptors (Lipinski definition) is 3. The molecule has 0 heterocycles. The first-order valence-electron chi connectivity index (χ1n) is 7.85. The van der Waals surface area contributed by atoms with Crippen molar-refractivity contribution < 1.29 is 4.79 Å². The molecule has 0 radical (unpaired) electrons. The summed E-state index contributed by atoms with van der Waals surface area (Å²) >= 11 is 0. The molecule has 1 aliphatic carbocycles. The first-order valence-corrected chi connectivity index (χ1v) is 7.85. The number of primary amides is 1. The highest BCUT2D eigenvalue weighted by Crippen LogP contribution is 2.33. The number of carbonyl (C=O) groups is 1. The third-order valence-corrected chi connectivity index (χ3v) is 4.79. The minimum Gasteiger partial charge on any atom is -0.368 e. The van der Waals surface area contributed by atoms with E-state index in [1.807, 2.05) is 0 Å². The van der Waals surface area contributed by atoms with E-state index in [1.165, 1.54) is 6.42 Å². The molecule has 4 heteroatoms. The number of nitrogens with zero attached hydrogens (tertiary/aromatic N) is 1. The van der Waals surface area contributed by atoms with Crippen LogP contribution in [0.2, 0.25) is 0 Å². The molecule has 1 aliphatic rings. The molecule has 0 unspecified atom stereocenters. The zero-order valence-corrected chi connectivity index (χ0v) is 12.9. The molecule has 19 heavy (non-hydrogen) atoms. The Morgan fingerprint density at radius 2 is 1.84 bits per heavy atom. The van der Waals surface area contributed by atoms with Gasteiger partial charge in [0.15, 0.2) is 0 Å². The third kappa shape index (κ3) is 4.46. The lowest BCUT2D eigenvalue weighted by molar-refractivity contribution is -0.126. The standard InChI is InChI=1S/C15H31N3O/c1-4-13-7-9-15(10-8-13,14(16)19)17-11-12-18(5-2)6-3/h13,17H,4-12H2,1-3H3,(H2,16,19). The highest BCUT2D eigenvalue weighted by molar-refractivity contribution is 5.84. The first-order chi connectivity index (χ1) is 9.07. The fraction of sp³-hybridized carbons (Fsp3) is 0.933. The SMILES string of the molecule is CCC1CCC(NCCN(CC)CC)(C(N)=O)CC1. The molecule has 112 valence electrons. The minimum absolute atomic E-state index is 0.165. The average molecular weight is 269 g/mol. The van der Waals surface area contributed by atoms with E-state index in [4.69, 9.17) is 5.73 Å². The maximum atomic E-state index is 11.8. The van der Waals surface area contributed by atoms with Crippen LogP contribution in [-0.4, -0.2) is 42.5 Å². The van der Waals surface area contributed by atoms with Crippen molar-refractivity contribution >= 4 is 5.91 Å². The molecular formula is C15H31N3O. The summed E-state index contributed by atoms with van der Waals surface area (Å²) < 4.78 is 0. The Morgan fingerprint density at radius 1 is 1.26 bits per heavy atom. The Bertz CT molecular complexity index is 269. The zero-order chi connectivity index (χ0) is 14.3. The van der Waals surface area contributed by atoms with E-state index in [1.54, 1.807) is 0 Å². The predicted octanol–water partition coefficient (Wildman–Crippen LogP) is 1.74. The first kappa shape index (κ1) is 16.4. The summed E-state index contributed by atoms with van der Waals surface area (Å²) in [6.45, 7) is 10.5. The molecule has 1 amide bonds. The Balaban J connectivity index is 2.47. The molecule has 0 aromatic carbocycles. The van der Waals surface area contributed by atoms with Crippen molar-refractivity contribution in [2.75, 3.05) is 26.2 Å². The van der Waals surface area contributed by atoms with Crippen molar-refractivity contribution in [2.45, 2.75) is 58.4 Å². The number of nitrogens with two attached hydrogens (primary N) is 1. The van der Waals surface area contributed by atoms with Crippen LogP contribution in [0.1, 0.15) is 52.9 Å². The van der Waals surface area contributed by atoms with Gasteiger partial charge in [-0.3, -0.25) is 4.79 Å². The molecule has 0 spiro atoms. The van der Waals surface area contributed by atoms with E-state index in [0.717, 1.165) is 57.8 Å². The number of amides is 1. The summed E-state index contributed by atoms with van der Waals surface area (Å²) in [4.78, 5) is 14.2. The molecule has 0 bridgehead atoms. The van der Waals surface area contributed by atoms with Crippen LogP contribution >= 0.6 is 0 Å². The number of hydrogen-bond donors (Lipinski definition) is 2. The van der Waals surface area contributed by atoms with E-state index in [-0.39, 0.29) is 5.91 Å². The highest BCUT2D eigenvalue weighted by atomic mass is 16.1. The van der Waals surface area contributed by atoms with Crippen molar-refractivity contribution in [1.29, 1.82) is 0 Å². The van der Waals surface area contributed by atoms with Gasteiger partial charge in [-0.2, -0.15) is 0 Å². The molecule has 3 N–H and O–H groups in total. The van der Waals surface area contributed by atoms with Gasteiger partial charge in [0.2, 0.25) is 5.91 Å². The predicted molar refractivity (Wildman–Crippen MR) is 80.0 cm³/mol. The summed E-state index contributed by atoms with van der Waals surface area (Å²) in [5.74, 6) is 0.610. The number of carbonyl (C=O) groups excluding carboxylic acids is 1. The number of likely N-dealkylation sites (N-methyl/N-ethyl adjacent to an activating group) is 1. The van der Waals surface area contributed by atoms with Crippen LogP contribution in [0, 0.1) is 5.92 Å². The van der Waals surface area contributed by atoms with Crippen LogP contribution in [0.15, 0.2) is 0 Å². The molecule has 0 saturated heterocycles. The fourth-order valence-corrected chi connectivity index (χ4v) is 3.08. The summed E-state index contributed by atoms with van der Waals surface area (Å²) in [6, 6.07) is 0. The van der Waals surface area contributed by atoms with Gasteiger partial charge in [0.05, 0.1) is 5.54 Å². The monoisotopic (exact) mass is 269 g/mol. The molecule has 0 aromatic rings. The van der Waals surface area contributed by atoms with E-state index < -0.39 is 5.54 Å². The van der Waals surface area contributed by atoms with Gasteiger partial charge in [-0.15, -0.1) is 0 Å². The molecule has 0 aliphatic heterocycles. The highest BCUT2D eigenvalue weighted by Gasteiger charge is 2.39. The minimum atomic E-state index is -0.446. The van der Waals surface area contributed by atoms with Gasteiger partial charge in [-0.1, -0.05) is 27.2 Å². The summed E-state index contributed by atoms with van der Waals surface area (Å²) in [5.41, 5.74) is 5.21. The van der Waals surface area contributed by atoms with Crippen molar-refractivity contribution in [3.8, 4) is 0 Å². The molecule has 0 atom stereocenters. The smallest absolute Gasteiger partial charge is 0.237 e. The van der Waals surface area contributed by atoms with Crippen LogP contribution in [0.25, 0.3) is 0 Å². The summed E-state index contributed by atoms with van der Waals surface area (Å²) in [5, 5.41) is 3.46. The Morgan fingerprint density at radius 3 is 2.26 bits per heavy atom. The molecule has 4 nitrogen and oxygen atoms in total. The second-order valence-electron chi connectivity index (χ2n) is 5.75. The number of nitrogens with one attached hydrogen (secondary N) is 1. The molecule has 1 saturated carbocycles. The topological polar surface area (TPSA) is 58.4 Å². The van der Waals surface area contributed by atoms with Crippen LogP contribution in [0.5, 0.6) is 0 Å². The lowest BCUT2D eigenvalue weighted by Crippen LogP contribution is -2.58. The van der Waals surface area contributed by atoms with Crippen molar-refractivity contribution in [3.05, 3.63) is 0 Å². The lowest BCUT2D eigenvalue weighted by Gasteiger charge is -2.38. The second kappa shape index (κ2) is 7.85. The third-order valence-electron chi connectivity index (χ3n) is 4.79. The second-order valence-corrected chi connectivity index (χ2v) is 5.75. The summed E-state index contributed by atoms with van der Waals surface area (Å²) in [7, 11) is 0. The van der Waals surface area contributed by atoms with Gasteiger partial charge in [0.25, 0.3) is 0 Å². The Labute approximate surface area is 118 Å². The van der Waals surface area contributed by atoms with Crippen LogP contribution in [0.4, 0.5) is 0 Å². The van der Waals surface area contributed by atoms with Crippen LogP contribution in [-0.2, 0) is 4.79 Å². The van der Waals surface area contributed by atoms with Gasteiger partial charge in [-0.05, 0) is 44.7 Å². The van der Waals surface area contributed by atoms with E-state index in [0.29, 0.717) is 0 Å². The molecule has 0 aromatic heterocycles. The number of rotatable bonds is 8. The maximum absolute atomic E-state index is 11.8. The molecular weight excluding hydrogens is 238 g/mol. The van der Waals surface area contributed by atoms with Crippen molar-refractivity contribution in [3.63, 3.8) is 0 Å².